The van der Waals surface area contributed by atoms with Gasteiger partial charge in [0.05, 0.1) is 11.6 Å². The van der Waals surface area contributed by atoms with Crippen LogP contribution in [0.5, 0.6) is 0 Å². The summed E-state index contributed by atoms with van der Waals surface area (Å²) in [5.74, 6) is 0. The minimum absolute atomic E-state index is 0.680. The maximum atomic E-state index is 8.71. The van der Waals surface area contributed by atoms with Gasteiger partial charge in [-0.3, -0.25) is 0 Å². The number of anilines is 1. The maximum absolute atomic E-state index is 8.71. The SMILES string of the molecule is N#Cc1ccc(N2CC3CC(C2)N3)cc1. The quantitative estimate of drug-likeness (QED) is 0.736. The van der Waals surface area contributed by atoms with E-state index in [2.05, 4.69) is 16.3 Å². The van der Waals surface area contributed by atoms with Crippen LogP contribution in [0.2, 0.25) is 0 Å². The third-order valence-electron chi connectivity index (χ3n) is 3.28. The van der Waals surface area contributed by atoms with Crippen molar-refractivity contribution in [3.63, 3.8) is 0 Å². The van der Waals surface area contributed by atoms with Crippen LogP contribution in [-0.4, -0.2) is 25.2 Å². The second-order valence-corrected chi connectivity index (χ2v) is 4.36. The highest BCUT2D eigenvalue weighted by Gasteiger charge is 2.36. The highest BCUT2D eigenvalue weighted by atomic mass is 15.3. The van der Waals surface area contributed by atoms with E-state index in [-0.39, 0.29) is 0 Å². The molecule has 3 heteroatoms. The average molecular weight is 199 g/mol. The molecule has 3 aliphatic rings. The largest absolute Gasteiger partial charge is 0.368 e. The Labute approximate surface area is 89.3 Å². The Morgan fingerprint density at radius 3 is 2.33 bits per heavy atom. The van der Waals surface area contributed by atoms with Crippen molar-refractivity contribution in [3.05, 3.63) is 29.8 Å². The van der Waals surface area contributed by atoms with E-state index in [0.717, 1.165) is 18.7 Å². The normalized spacial score (nSPS) is 28.1. The van der Waals surface area contributed by atoms with Crippen molar-refractivity contribution in [2.24, 2.45) is 0 Å². The van der Waals surface area contributed by atoms with E-state index < -0.39 is 0 Å². The molecule has 3 heterocycles. The van der Waals surface area contributed by atoms with Crippen molar-refractivity contribution in [1.29, 1.82) is 5.26 Å². The number of hydrogen-bond donors (Lipinski definition) is 1. The Morgan fingerprint density at radius 2 is 1.80 bits per heavy atom. The molecule has 0 aliphatic carbocycles. The summed E-state index contributed by atoms with van der Waals surface area (Å²) in [6, 6.07) is 11.4. The summed E-state index contributed by atoms with van der Waals surface area (Å²) in [7, 11) is 0. The highest BCUT2D eigenvalue weighted by molar-refractivity contribution is 5.51. The first-order valence-electron chi connectivity index (χ1n) is 5.36. The third kappa shape index (κ3) is 1.47. The zero-order valence-corrected chi connectivity index (χ0v) is 8.48. The molecule has 0 amide bonds. The Bertz CT molecular complexity index is 388. The summed E-state index contributed by atoms with van der Waals surface area (Å²) in [5.41, 5.74) is 1.98. The zero-order valence-electron chi connectivity index (χ0n) is 8.48. The molecule has 0 saturated carbocycles. The number of benzene rings is 1. The number of rotatable bonds is 1. The lowest BCUT2D eigenvalue weighted by molar-refractivity contribution is 0.226. The van der Waals surface area contributed by atoms with Gasteiger partial charge in [0, 0.05) is 30.9 Å². The number of nitrogens with zero attached hydrogens (tertiary/aromatic N) is 2. The van der Waals surface area contributed by atoms with Crippen LogP contribution in [0.25, 0.3) is 0 Å². The topological polar surface area (TPSA) is 39.1 Å². The van der Waals surface area contributed by atoms with E-state index in [1.807, 2.05) is 24.3 Å². The molecule has 2 bridgehead atoms. The van der Waals surface area contributed by atoms with E-state index in [9.17, 15) is 0 Å². The molecule has 15 heavy (non-hydrogen) atoms. The van der Waals surface area contributed by atoms with E-state index in [4.69, 9.17) is 5.26 Å². The van der Waals surface area contributed by atoms with E-state index >= 15 is 0 Å². The second kappa shape index (κ2) is 3.25. The van der Waals surface area contributed by atoms with Gasteiger partial charge in [0.1, 0.15) is 0 Å². The fourth-order valence-corrected chi connectivity index (χ4v) is 2.47. The first-order chi connectivity index (χ1) is 7.35. The summed E-state index contributed by atoms with van der Waals surface area (Å²) < 4.78 is 0. The summed E-state index contributed by atoms with van der Waals surface area (Å²) in [6.45, 7) is 2.20. The minimum atomic E-state index is 0.680. The second-order valence-electron chi connectivity index (χ2n) is 4.36. The van der Waals surface area contributed by atoms with Gasteiger partial charge in [-0.2, -0.15) is 5.26 Å². The number of piperidine rings is 1. The molecule has 3 fully saturated rings. The van der Waals surface area contributed by atoms with Gasteiger partial charge in [0.2, 0.25) is 0 Å². The minimum Gasteiger partial charge on any atom is -0.368 e. The molecule has 0 spiro atoms. The van der Waals surface area contributed by atoms with Crippen molar-refractivity contribution >= 4 is 5.69 Å². The summed E-state index contributed by atoms with van der Waals surface area (Å²) in [6.07, 6.45) is 1.33. The standard InChI is InChI=1S/C12H13N3/c13-6-9-1-3-12(4-2-9)15-7-10-5-11(8-15)14-10/h1-4,10-11,14H,5,7-8H2. The van der Waals surface area contributed by atoms with Gasteiger partial charge in [-0.25, -0.2) is 0 Å². The Hall–Kier alpha value is -1.53. The smallest absolute Gasteiger partial charge is 0.0991 e. The van der Waals surface area contributed by atoms with Crippen LogP contribution in [0.4, 0.5) is 5.69 Å². The average Bonchev–Trinajstić information content (AvgIpc) is 2.28. The molecule has 4 rings (SSSR count). The van der Waals surface area contributed by atoms with Crippen molar-refractivity contribution in [3.8, 4) is 6.07 Å². The molecule has 2 atom stereocenters. The van der Waals surface area contributed by atoms with Crippen molar-refractivity contribution in [2.75, 3.05) is 18.0 Å². The number of nitriles is 1. The fourth-order valence-electron chi connectivity index (χ4n) is 2.47. The van der Waals surface area contributed by atoms with Gasteiger partial charge >= 0.3 is 0 Å². The van der Waals surface area contributed by atoms with Crippen molar-refractivity contribution < 1.29 is 0 Å². The van der Waals surface area contributed by atoms with Crippen LogP contribution in [0.15, 0.2) is 24.3 Å². The van der Waals surface area contributed by atoms with E-state index in [1.54, 1.807) is 0 Å². The van der Waals surface area contributed by atoms with Gasteiger partial charge in [-0.1, -0.05) is 0 Å². The lowest BCUT2D eigenvalue weighted by Gasteiger charge is -2.49. The van der Waals surface area contributed by atoms with Crippen LogP contribution in [-0.2, 0) is 0 Å². The summed E-state index contributed by atoms with van der Waals surface area (Å²) >= 11 is 0. The molecule has 0 radical (unpaired) electrons. The molecule has 3 saturated heterocycles. The molecule has 1 aromatic rings. The molecule has 2 unspecified atom stereocenters. The number of fused-ring (bicyclic) bond motifs is 2. The van der Waals surface area contributed by atoms with Crippen LogP contribution >= 0.6 is 0 Å². The van der Waals surface area contributed by atoms with E-state index in [0.29, 0.717) is 12.1 Å². The monoisotopic (exact) mass is 199 g/mol. The predicted octanol–water partition coefficient (Wildman–Crippen LogP) is 1.11. The third-order valence-corrected chi connectivity index (χ3v) is 3.28. The number of hydrogen-bond acceptors (Lipinski definition) is 3. The predicted molar refractivity (Wildman–Crippen MR) is 58.7 cm³/mol. The van der Waals surface area contributed by atoms with Crippen LogP contribution in [0.3, 0.4) is 0 Å². The number of piperazine rings is 1. The summed E-state index contributed by atoms with van der Waals surface area (Å²) in [5, 5.41) is 12.2. The Kier molecular flexibility index (Phi) is 1.90. The first-order valence-corrected chi connectivity index (χ1v) is 5.36. The fraction of sp³-hybridized carbons (Fsp3) is 0.417. The van der Waals surface area contributed by atoms with Gasteiger partial charge in [-0.05, 0) is 30.7 Å². The van der Waals surface area contributed by atoms with Crippen molar-refractivity contribution in [1.82, 2.24) is 5.32 Å². The molecule has 76 valence electrons. The lowest BCUT2D eigenvalue weighted by Crippen LogP contribution is -2.67. The van der Waals surface area contributed by atoms with Gasteiger partial charge in [0.15, 0.2) is 0 Å². The van der Waals surface area contributed by atoms with Gasteiger partial charge < -0.3 is 10.2 Å². The Balaban J connectivity index is 1.78. The molecular weight excluding hydrogens is 186 g/mol. The Morgan fingerprint density at radius 1 is 1.20 bits per heavy atom. The lowest BCUT2D eigenvalue weighted by atomic mass is 9.91. The molecular formula is C12H13N3. The molecule has 3 aliphatic heterocycles. The van der Waals surface area contributed by atoms with Crippen molar-refractivity contribution in [2.45, 2.75) is 18.5 Å². The molecule has 1 aromatic carbocycles. The molecule has 3 nitrogen and oxygen atoms in total. The molecule has 1 N–H and O–H groups in total. The van der Waals surface area contributed by atoms with Gasteiger partial charge in [0.25, 0.3) is 0 Å². The maximum Gasteiger partial charge on any atom is 0.0991 e. The number of nitrogens with one attached hydrogen (secondary N) is 1. The van der Waals surface area contributed by atoms with Gasteiger partial charge in [-0.15, -0.1) is 0 Å². The van der Waals surface area contributed by atoms with Crippen LogP contribution in [0, 0.1) is 11.3 Å². The van der Waals surface area contributed by atoms with Crippen LogP contribution < -0.4 is 10.2 Å². The summed E-state index contributed by atoms with van der Waals surface area (Å²) in [4.78, 5) is 2.40. The van der Waals surface area contributed by atoms with Crippen LogP contribution in [0.1, 0.15) is 12.0 Å². The van der Waals surface area contributed by atoms with E-state index in [1.165, 1.54) is 12.1 Å². The highest BCUT2D eigenvalue weighted by Crippen LogP contribution is 2.26. The zero-order chi connectivity index (χ0) is 10.3. The first kappa shape index (κ1) is 8.75. The molecule has 0 aromatic heterocycles.